The third kappa shape index (κ3) is 4.67. The van der Waals surface area contributed by atoms with Gasteiger partial charge in [0.25, 0.3) is 0 Å². The van der Waals surface area contributed by atoms with Crippen LogP contribution in [0.4, 0.5) is 5.69 Å². The average molecular weight is 271 g/mol. The summed E-state index contributed by atoms with van der Waals surface area (Å²) in [5.41, 5.74) is 7.62. The largest absolute Gasteiger partial charge is 0.330 e. The Morgan fingerprint density at radius 2 is 2.06 bits per heavy atom. The molecule has 0 aliphatic heterocycles. The second-order valence-corrected chi connectivity index (χ2v) is 4.59. The molecule has 0 bridgehead atoms. The first-order valence-corrected chi connectivity index (χ1v) is 6.13. The van der Waals surface area contributed by atoms with E-state index in [4.69, 9.17) is 5.73 Å². The number of benzene rings is 1. The molecule has 0 fully saturated rings. The summed E-state index contributed by atoms with van der Waals surface area (Å²) in [7, 11) is 1.82. The zero-order valence-electron chi connectivity index (χ0n) is 11.3. The monoisotopic (exact) mass is 270 g/mol. The van der Waals surface area contributed by atoms with Crippen LogP contribution in [0.2, 0.25) is 0 Å². The van der Waals surface area contributed by atoms with Crippen LogP contribution in [0.5, 0.6) is 0 Å². The molecule has 0 aromatic heterocycles. The maximum atomic E-state index is 11.9. The summed E-state index contributed by atoms with van der Waals surface area (Å²) in [5.74, 6) is 0.596. The van der Waals surface area contributed by atoms with Crippen molar-refractivity contribution in [3.63, 3.8) is 0 Å². The molecular weight excluding hydrogens is 248 g/mol. The number of amides is 1. The van der Waals surface area contributed by atoms with E-state index in [1.807, 2.05) is 19.2 Å². The predicted molar refractivity (Wildman–Crippen MR) is 79.5 cm³/mol. The van der Waals surface area contributed by atoms with Gasteiger partial charge in [0, 0.05) is 19.2 Å². The summed E-state index contributed by atoms with van der Waals surface area (Å²) in [5, 5.41) is 0. The Morgan fingerprint density at radius 1 is 1.39 bits per heavy atom. The van der Waals surface area contributed by atoms with Crippen molar-refractivity contribution in [3.05, 3.63) is 29.8 Å². The molecule has 1 amide bonds. The fourth-order valence-electron chi connectivity index (χ4n) is 1.66. The van der Waals surface area contributed by atoms with Crippen LogP contribution in [0.15, 0.2) is 24.3 Å². The lowest BCUT2D eigenvalue weighted by atomic mass is 10.0. The first-order chi connectivity index (χ1) is 8.06. The van der Waals surface area contributed by atoms with E-state index in [2.05, 4.69) is 26.0 Å². The van der Waals surface area contributed by atoms with Gasteiger partial charge in [-0.15, -0.1) is 12.4 Å². The number of carbonyl (C=O) groups is 1. The van der Waals surface area contributed by atoms with Gasteiger partial charge < -0.3 is 10.6 Å². The number of hydrogen-bond donors (Lipinski definition) is 1. The Hall–Kier alpha value is -1.06. The third-order valence-corrected chi connectivity index (χ3v) is 2.89. The lowest BCUT2D eigenvalue weighted by molar-refractivity contribution is -0.118. The molecule has 1 aromatic rings. The number of halogens is 1. The summed E-state index contributed by atoms with van der Waals surface area (Å²) in [6.45, 7) is 4.86. The van der Waals surface area contributed by atoms with E-state index in [0.29, 0.717) is 18.9 Å². The van der Waals surface area contributed by atoms with E-state index in [-0.39, 0.29) is 18.3 Å². The van der Waals surface area contributed by atoms with Crippen molar-refractivity contribution < 1.29 is 4.79 Å². The molecule has 0 aliphatic rings. The van der Waals surface area contributed by atoms with Crippen LogP contribution in [-0.2, 0) is 4.79 Å². The number of anilines is 1. The predicted octanol–water partition coefficient (Wildman–Crippen LogP) is 2.93. The van der Waals surface area contributed by atoms with E-state index in [9.17, 15) is 4.79 Å². The Kier molecular flexibility index (Phi) is 7.64. The SMILES string of the molecule is CC(C)c1cccc(N(C)C(=O)CCCN)c1.Cl. The number of carbonyl (C=O) groups excluding carboxylic acids is 1. The van der Waals surface area contributed by atoms with Crippen LogP contribution in [-0.4, -0.2) is 19.5 Å². The Labute approximate surface area is 116 Å². The van der Waals surface area contributed by atoms with Crippen LogP contribution in [0.1, 0.15) is 38.2 Å². The van der Waals surface area contributed by atoms with E-state index in [1.165, 1.54) is 5.56 Å². The number of nitrogens with zero attached hydrogens (tertiary/aromatic N) is 1. The zero-order valence-corrected chi connectivity index (χ0v) is 12.2. The van der Waals surface area contributed by atoms with Crippen molar-refractivity contribution >= 4 is 24.0 Å². The maximum Gasteiger partial charge on any atom is 0.226 e. The molecule has 2 N–H and O–H groups in total. The Balaban J connectivity index is 0.00000289. The molecule has 1 aromatic carbocycles. The van der Waals surface area contributed by atoms with Crippen molar-refractivity contribution in [1.29, 1.82) is 0 Å². The second-order valence-electron chi connectivity index (χ2n) is 4.59. The molecule has 0 saturated carbocycles. The van der Waals surface area contributed by atoms with Gasteiger partial charge in [0.1, 0.15) is 0 Å². The second kappa shape index (κ2) is 8.11. The molecule has 3 nitrogen and oxygen atoms in total. The summed E-state index contributed by atoms with van der Waals surface area (Å²) in [6, 6.07) is 8.13. The first kappa shape index (κ1) is 16.9. The normalized spacial score (nSPS) is 10.1. The smallest absolute Gasteiger partial charge is 0.226 e. The maximum absolute atomic E-state index is 11.9. The zero-order chi connectivity index (χ0) is 12.8. The molecule has 0 radical (unpaired) electrons. The molecule has 0 saturated heterocycles. The standard InChI is InChI=1S/C14H22N2O.ClH/c1-11(2)12-6-4-7-13(10-12)16(3)14(17)8-5-9-15;/h4,6-7,10-11H,5,8-9,15H2,1-3H3;1H. The van der Waals surface area contributed by atoms with Crippen molar-refractivity contribution in [2.45, 2.75) is 32.6 Å². The van der Waals surface area contributed by atoms with Crippen molar-refractivity contribution in [3.8, 4) is 0 Å². The fourth-order valence-corrected chi connectivity index (χ4v) is 1.66. The van der Waals surface area contributed by atoms with Crippen LogP contribution < -0.4 is 10.6 Å². The number of nitrogens with two attached hydrogens (primary N) is 1. The van der Waals surface area contributed by atoms with Gasteiger partial charge in [-0.1, -0.05) is 26.0 Å². The van der Waals surface area contributed by atoms with Gasteiger partial charge >= 0.3 is 0 Å². The molecular formula is C14H23ClN2O. The van der Waals surface area contributed by atoms with Gasteiger partial charge in [-0.3, -0.25) is 4.79 Å². The average Bonchev–Trinajstić information content (AvgIpc) is 2.35. The molecule has 0 atom stereocenters. The topological polar surface area (TPSA) is 46.3 Å². The highest BCUT2D eigenvalue weighted by atomic mass is 35.5. The summed E-state index contributed by atoms with van der Waals surface area (Å²) in [6.07, 6.45) is 1.26. The van der Waals surface area contributed by atoms with E-state index >= 15 is 0 Å². The Morgan fingerprint density at radius 3 is 2.61 bits per heavy atom. The minimum atomic E-state index is 0. The molecule has 1 rings (SSSR count). The quantitative estimate of drug-likeness (QED) is 0.894. The molecule has 102 valence electrons. The van der Waals surface area contributed by atoms with Crippen LogP contribution in [0.3, 0.4) is 0 Å². The summed E-state index contributed by atoms with van der Waals surface area (Å²) < 4.78 is 0. The van der Waals surface area contributed by atoms with Crippen molar-refractivity contribution in [1.82, 2.24) is 0 Å². The van der Waals surface area contributed by atoms with Gasteiger partial charge in [-0.05, 0) is 36.6 Å². The third-order valence-electron chi connectivity index (χ3n) is 2.89. The lowest BCUT2D eigenvalue weighted by Crippen LogP contribution is -2.26. The van der Waals surface area contributed by atoms with Crippen LogP contribution >= 0.6 is 12.4 Å². The fraction of sp³-hybridized carbons (Fsp3) is 0.500. The minimum absolute atomic E-state index is 0. The van der Waals surface area contributed by atoms with Gasteiger partial charge in [0.2, 0.25) is 5.91 Å². The first-order valence-electron chi connectivity index (χ1n) is 6.13. The molecule has 18 heavy (non-hydrogen) atoms. The molecule has 4 heteroatoms. The van der Waals surface area contributed by atoms with Gasteiger partial charge in [0.05, 0.1) is 0 Å². The van der Waals surface area contributed by atoms with Crippen molar-refractivity contribution in [2.24, 2.45) is 5.73 Å². The number of hydrogen-bond acceptors (Lipinski definition) is 2. The Bertz CT molecular complexity index is 380. The van der Waals surface area contributed by atoms with E-state index < -0.39 is 0 Å². The van der Waals surface area contributed by atoms with Crippen LogP contribution in [0, 0.1) is 0 Å². The van der Waals surface area contributed by atoms with E-state index in [0.717, 1.165) is 12.1 Å². The molecule has 0 spiro atoms. The molecule has 0 heterocycles. The highest BCUT2D eigenvalue weighted by Gasteiger charge is 2.11. The summed E-state index contributed by atoms with van der Waals surface area (Å²) in [4.78, 5) is 13.6. The lowest BCUT2D eigenvalue weighted by Gasteiger charge is -2.18. The molecule has 0 aliphatic carbocycles. The highest BCUT2D eigenvalue weighted by molar-refractivity contribution is 5.92. The van der Waals surface area contributed by atoms with E-state index in [1.54, 1.807) is 4.90 Å². The van der Waals surface area contributed by atoms with Gasteiger partial charge in [0.15, 0.2) is 0 Å². The number of rotatable bonds is 5. The van der Waals surface area contributed by atoms with Crippen molar-refractivity contribution in [2.75, 3.05) is 18.5 Å². The van der Waals surface area contributed by atoms with Gasteiger partial charge in [-0.2, -0.15) is 0 Å². The highest BCUT2D eigenvalue weighted by Crippen LogP contribution is 2.21. The minimum Gasteiger partial charge on any atom is -0.330 e. The summed E-state index contributed by atoms with van der Waals surface area (Å²) >= 11 is 0. The van der Waals surface area contributed by atoms with Gasteiger partial charge in [-0.25, -0.2) is 0 Å². The molecule has 0 unspecified atom stereocenters. The van der Waals surface area contributed by atoms with Crippen LogP contribution in [0.25, 0.3) is 0 Å².